The Morgan fingerprint density at radius 2 is 1.56 bits per heavy atom. The fourth-order valence-corrected chi connectivity index (χ4v) is 2.81. The first-order chi connectivity index (χ1) is 12.6. The van der Waals surface area contributed by atoms with Gasteiger partial charge in [0.2, 0.25) is 0 Å². The van der Waals surface area contributed by atoms with Crippen LogP contribution < -0.4 is 24.8 Å². The molecule has 1 aliphatic heterocycles. The smallest absolute Gasteiger partial charge is 0.338 e. The van der Waals surface area contributed by atoms with Crippen molar-refractivity contribution in [2.45, 2.75) is 39.3 Å². The first-order valence-electron chi connectivity index (χ1n) is 8.42. The average Bonchev–Trinajstić information content (AvgIpc) is 2.57. The van der Waals surface area contributed by atoms with Crippen LogP contribution in [0.25, 0.3) is 0 Å². The molecule has 0 bridgehead atoms. The Morgan fingerprint density at radius 1 is 1.00 bits per heavy atom. The lowest BCUT2D eigenvalue weighted by Gasteiger charge is -2.31. The minimum Gasteiger partial charge on any atom is -0.496 e. The lowest BCUT2D eigenvalue weighted by Crippen LogP contribution is -2.46. The van der Waals surface area contributed by atoms with Crippen LogP contribution in [0.3, 0.4) is 0 Å². The Labute approximate surface area is 158 Å². The van der Waals surface area contributed by atoms with Gasteiger partial charge in [-0.1, -0.05) is 0 Å². The third-order valence-corrected chi connectivity index (χ3v) is 3.93. The molecule has 1 aromatic rings. The van der Waals surface area contributed by atoms with E-state index in [9.17, 15) is 9.59 Å². The van der Waals surface area contributed by atoms with E-state index in [0.29, 0.717) is 28.5 Å². The number of nitrogens with one attached hydrogen (secondary N) is 2. The molecule has 2 rings (SSSR count). The Bertz CT molecular complexity index is 779. The third-order valence-electron chi connectivity index (χ3n) is 3.93. The van der Waals surface area contributed by atoms with Gasteiger partial charge in [-0.2, -0.15) is 0 Å². The summed E-state index contributed by atoms with van der Waals surface area (Å²) >= 11 is 0. The number of amides is 2. The molecule has 27 heavy (non-hydrogen) atoms. The van der Waals surface area contributed by atoms with Crippen molar-refractivity contribution < 1.29 is 28.5 Å². The highest BCUT2D eigenvalue weighted by molar-refractivity contribution is 5.95. The topological polar surface area (TPSA) is 95.1 Å². The second-order valence-corrected chi connectivity index (χ2v) is 7.02. The summed E-state index contributed by atoms with van der Waals surface area (Å²) < 4.78 is 21.6. The summed E-state index contributed by atoms with van der Waals surface area (Å²) in [6, 6.07) is 2.11. The fourth-order valence-electron chi connectivity index (χ4n) is 2.81. The monoisotopic (exact) mass is 378 g/mol. The molecule has 0 fully saturated rings. The zero-order valence-corrected chi connectivity index (χ0v) is 16.7. The van der Waals surface area contributed by atoms with E-state index in [1.807, 2.05) is 0 Å². The maximum Gasteiger partial charge on any atom is 0.338 e. The van der Waals surface area contributed by atoms with E-state index in [4.69, 9.17) is 18.9 Å². The largest absolute Gasteiger partial charge is 0.496 e. The van der Waals surface area contributed by atoms with Gasteiger partial charge in [0.15, 0.2) is 11.5 Å². The average molecular weight is 378 g/mol. The lowest BCUT2D eigenvalue weighted by atomic mass is 9.94. The molecule has 8 heteroatoms. The SMILES string of the molecule is COc1cc(OC)c([C@H]2NC(=O)NC(C)=C2C(=O)OC(C)(C)C)cc1OC. The van der Waals surface area contributed by atoms with E-state index in [-0.39, 0.29) is 5.57 Å². The minimum atomic E-state index is -0.775. The summed E-state index contributed by atoms with van der Waals surface area (Å²) in [5, 5.41) is 5.37. The van der Waals surface area contributed by atoms with E-state index in [0.717, 1.165) is 0 Å². The summed E-state index contributed by atoms with van der Waals surface area (Å²) in [7, 11) is 4.52. The summed E-state index contributed by atoms with van der Waals surface area (Å²) in [6.07, 6.45) is 0. The molecular weight excluding hydrogens is 352 g/mol. The molecule has 0 aromatic heterocycles. The highest BCUT2D eigenvalue weighted by Crippen LogP contribution is 2.41. The summed E-state index contributed by atoms with van der Waals surface area (Å²) in [4.78, 5) is 24.9. The number of methoxy groups -OCH3 is 3. The highest BCUT2D eigenvalue weighted by Gasteiger charge is 2.36. The van der Waals surface area contributed by atoms with Gasteiger partial charge in [0.1, 0.15) is 11.4 Å². The van der Waals surface area contributed by atoms with Crippen molar-refractivity contribution in [2.75, 3.05) is 21.3 Å². The number of benzene rings is 1. The predicted molar refractivity (Wildman–Crippen MR) is 99.1 cm³/mol. The van der Waals surface area contributed by atoms with Gasteiger partial charge in [0.05, 0.1) is 32.9 Å². The highest BCUT2D eigenvalue weighted by atomic mass is 16.6. The van der Waals surface area contributed by atoms with Gasteiger partial charge in [0, 0.05) is 17.3 Å². The van der Waals surface area contributed by atoms with Crippen LogP contribution in [-0.2, 0) is 9.53 Å². The number of hydrogen-bond donors (Lipinski definition) is 2. The number of carbonyl (C=O) groups is 2. The number of urea groups is 1. The van der Waals surface area contributed by atoms with Gasteiger partial charge < -0.3 is 29.6 Å². The van der Waals surface area contributed by atoms with E-state index in [1.165, 1.54) is 21.3 Å². The predicted octanol–water partition coefficient (Wildman–Crippen LogP) is 2.68. The Balaban J connectivity index is 2.61. The molecule has 1 heterocycles. The van der Waals surface area contributed by atoms with Crippen molar-refractivity contribution in [3.8, 4) is 17.2 Å². The van der Waals surface area contributed by atoms with E-state index in [2.05, 4.69) is 10.6 Å². The molecule has 2 N–H and O–H groups in total. The van der Waals surface area contributed by atoms with Crippen molar-refractivity contribution in [2.24, 2.45) is 0 Å². The maximum atomic E-state index is 12.8. The van der Waals surface area contributed by atoms with Crippen LogP contribution in [0.1, 0.15) is 39.3 Å². The van der Waals surface area contributed by atoms with Gasteiger partial charge in [0.25, 0.3) is 0 Å². The lowest BCUT2D eigenvalue weighted by molar-refractivity contribution is -0.150. The van der Waals surface area contributed by atoms with E-state index >= 15 is 0 Å². The Morgan fingerprint density at radius 3 is 2.07 bits per heavy atom. The van der Waals surface area contributed by atoms with Gasteiger partial charge >= 0.3 is 12.0 Å². The molecule has 148 valence electrons. The number of ether oxygens (including phenoxy) is 4. The van der Waals surface area contributed by atoms with Crippen molar-refractivity contribution >= 4 is 12.0 Å². The van der Waals surface area contributed by atoms with Gasteiger partial charge in [-0.05, 0) is 33.8 Å². The number of hydrogen-bond acceptors (Lipinski definition) is 6. The summed E-state index contributed by atoms with van der Waals surface area (Å²) in [5.74, 6) is 0.822. The second-order valence-electron chi connectivity index (χ2n) is 7.02. The number of allylic oxidation sites excluding steroid dienone is 1. The molecule has 1 aliphatic rings. The van der Waals surface area contributed by atoms with Crippen molar-refractivity contribution in [3.63, 3.8) is 0 Å². The molecule has 0 saturated carbocycles. The molecule has 0 radical (unpaired) electrons. The standard InChI is InChI=1S/C19H26N2O6/c1-10-15(17(22)27-19(2,3)4)16(21-18(23)20-10)11-8-13(25-6)14(26-7)9-12(11)24-5/h8-9,16H,1-7H3,(H2,20,21,23)/t16-/m1/s1. The van der Waals surface area contributed by atoms with Crippen LogP contribution in [0.2, 0.25) is 0 Å². The van der Waals surface area contributed by atoms with Crippen LogP contribution in [0, 0.1) is 0 Å². The molecular formula is C19H26N2O6. The first-order valence-corrected chi connectivity index (χ1v) is 8.42. The Kier molecular flexibility index (Phi) is 5.88. The van der Waals surface area contributed by atoms with Crippen LogP contribution >= 0.6 is 0 Å². The summed E-state index contributed by atoms with van der Waals surface area (Å²) in [5.41, 5.74) is 0.563. The number of rotatable bonds is 5. The van der Waals surface area contributed by atoms with E-state index in [1.54, 1.807) is 39.8 Å². The zero-order valence-electron chi connectivity index (χ0n) is 16.7. The maximum absolute atomic E-state index is 12.8. The van der Waals surface area contributed by atoms with Crippen LogP contribution in [-0.4, -0.2) is 38.9 Å². The van der Waals surface area contributed by atoms with Crippen LogP contribution in [0.15, 0.2) is 23.4 Å². The first kappa shape index (κ1) is 20.4. The Hall–Kier alpha value is -2.90. The molecule has 0 aliphatic carbocycles. The number of esters is 1. The second kappa shape index (κ2) is 7.77. The van der Waals surface area contributed by atoms with Crippen LogP contribution in [0.4, 0.5) is 4.79 Å². The number of carbonyl (C=O) groups excluding carboxylic acids is 2. The fraction of sp³-hybridized carbons (Fsp3) is 0.474. The van der Waals surface area contributed by atoms with Crippen molar-refractivity contribution in [1.29, 1.82) is 0 Å². The zero-order chi connectivity index (χ0) is 20.4. The molecule has 0 unspecified atom stereocenters. The third kappa shape index (κ3) is 4.45. The van der Waals surface area contributed by atoms with Gasteiger partial charge in [-0.25, -0.2) is 9.59 Å². The molecule has 0 spiro atoms. The van der Waals surface area contributed by atoms with Gasteiger partial charge in [-0.3, -0.25) is 0 Å². The van der Waals surface area contributed by atoms with Crippen LogP contribution in [0.5, 0.6) is 17.2 Å². The molecule has 0 saturated heterocycles. The molecule has 8 nitrogen and oxygen atoms in total. The quantitative estimate of drug-likeness (QED) is 0.765. The van der Waals surface area contributed by atoms with E-state index < -0.39 is 23.6 Å². The normalized spacial score (nSPS) is 17.0. The molecule has 1 aromatic carbocycles. The van der Waals surface area contributed by atoms with Gasteiger partial charge in [-0.15, -0.1) is 0 Å². The summed E-state index contributed by atoms with van der Waals surface area (Å²) in [6.45, 7) is 6.99. The van der Waals surface area contributed by atoms with Crippen molar-refractivity contribution in [1.82, 2.24) is 10.6 Å². The molecule has 1 atom stereocenters. The minimum absolute atomic E-state index is 0.287. The molecule has 2 amide bonds. The van der Waals surface area contributed by atoms with Crippen molar-refractivity contribution in [3.05, 3.63) is 29.0 Å².